The van der Waals surface area contributed by atoms with Crippen LogP contribution in [0.3, 0.4) is 0 Å². The third-order valence-electron chi connectivity index (χ3n) is 6.38. The molecule has 2 heterocycles. The van der Waals surface area contributed by atoms with Crippen molar-refractivity contribution in [2.24, 2.45) is 0 Å². The first-order valence-corrected chi connectivity index (χ1v) is 10.8. The lowest BCUT2D eigenvalue weighted by Gasteiger charge is -2.27. The van der Waals surface area contributed by atoms with Crippen LogP contribution in [0, 0.1) is 0 Å². The third-order valence-corrected chi connectivity index (χ3v) is 6.38. The van der Waals surface area contributed by atoms with E-state index in [0.29, 0.717) is 22.1 Å². The number of carbonyl (C=O) groups is 5. The van der Waals surface area contributed by atoms with Gasteiger partial charge in [0.1, 0.15) is 0 Å². The maximum absolute atomic E-state index is 13.5. The number of carbonyl (C=O) groups excluding carboxylic acids is 3. The highest BCUT2D eigenvalue weighted by atomic mass is 16.4. The second-order valence-electron chi connectivity index (χ2n) is 8.34. The van der Waals surface area contributed by atoms with Crippen molar-refractivity contribution >= 4 is 57.5 Å². The number of imide groups is 1. The standard InChI is InChI=1S/C27H14N2O7/c30-23-19-8-7-17-21-18(25(32)29(24(17)31)16-6-2-4-14(12-16)27(35)36)9-10-20(22(19)21)28(23)15-5-1-3-13(11-15)26(33)34/h1-12H,(H,33,34)(H,35,36). The summed E-state index contributed by atoms with van der Waals surface area (Å²) in [7, 11) is 0. The van der Waals surface area contributed by atoms with Gasteiger partial charge in [-0.15, -0.1) is 0 Å². The lowest BCUT2D eigenvalue weighted by atomic mass is 9.91. The summed E-state index contributed by atoms with van der Waals surface area (Å²) in [4.78, 5) is 65.5. The first-order valence-electron chi connectivity index (χ1n) is 10.8. The molecule has 9 nitrogen and oxygen atoms in total. The Labute approximate surface area is 202 Å². The fourth-order valence-electron chi connectivity index (χ4n) is 4.81. The fourth-order valence-corrected chi connectivity index (χ4v) is 4.81. The molecule has 4 aromatic carbocycles. The summed E-state index contributed by atoms with van der Waals surface area (Å²) in [5.74, 6) is -4.02. The average Bonchev–Trinajstić information content (AvgIpc) is 3.17. The van der Waals surface area contributed by atoms with Crippen molar-refractivity contribution in [3.8, 4) is 0 Å². The quantitative estimate of drug-likeness (QED) is 0.417. The van der Waals surface area contributed by atoms with Crippen molar-refractivity contribution in [2.75, 3.05) is 9.80 Å². The zero-order valence-corrected chi connectivity index (χ0v) is 18.3. The Morgan fingerprint density at radius 3 is 1.53 bits per heavy atom. The number of carboxylic acids is 2. The van der Waals surface area contributed by atoms with Gasteiger partial charge in [0.25, 0.3) is 17.7 Å². The molecule has 174 valence electrons. The van der Waals surface area contributed by atoms with Gasteiger partial charge in [0.05, 0.1) is 33.8 Å². The monoisotopic (exact) mass is 478 g/mol. The van der Waals surface area contributed by atoms with E-state index >= 15 is 0 Å². The normalized spacial score (nSPS) is 14.1. The van der Waals surface area contributed by atoms with Crippen LogP contribution < -0.4 is 9.80 Å². The minimum absolute atomic E-state index is 0.00974. The zero-order chi connectivity index (χ0) is 25.3. The van der Waals surface area contributed by atoms with E-state index in [-0.39, 0.29) is 33.5 Å². The van der Waals surface area contributed by atoms with Crippen LogP contribution in [0.2, 0.25) is 0 Å². The summed E-state index contributed by atoms with van der Waals surface area (Å²) in [5.41, 5.74) is 1.50. The van der Waals surface area contributed by atoms with Crippen molar-refractivity contribution < 1.29 is 34.2 Å². The minimum atomic E-state index is -1.19. The van der Waals surface area contributed by atoms with Crippen molar-refractivity contribution in [1.82, 2.24) is 0 Å². The van der Waals surface area contributed by atoms with Gasteiger partial charge in [0, 0.05) is 21.9 Å². The van der Waals surface area contributed by atoms with Gasteiger partial charge in [0.2, 0.25) is 0 Å². The Balaban J connectivity index is 1.54. The molecule has 0 atom stereocenters. The molecule has 0 radical (unpaired) electrons. The molecule has 0 aliphatic carbocycles. The van der Waals surface area contributed by atoms with Crippen LogP contribution in [0.5, 0.6) is 0 Å². The Kier molecular flexibility index (Phi) is 4.33. The van der Waals surface area contributed by atoms with E-state index in [1.165, 1.54) is 65.6 Å². The van der Waals surface area contributed by atoms with Gasteiger partial charge in [-0.25, -0.2) is 14.5 Å². The summed E-state index contributed by atoms with van der Waals surface area (Å²) in [5, 5.41) is 19.4. The van der Waals surface area contributed by atoms with Gasteiger partial charge >= 0.3 is 11.9 Å². The molecule has 2 aliphatic heterocycles. The van der Waals surface area contributed by atoms with Crippen LogP contribution in [-0.4, -0.2) is 39.9 Å². The van der Waals surface area contributed by atoms with Crippen LogP contribution in [0.4, 0.5) is 17.1 Å². The van der Waals surface area contributed by atoms with Gasteiger partial charge in [-0.3, -0.25) is 19.3 Å². The Morgan fingerprint density at radius 1 is 0.556 bits per heavy atom. The summed E-state index contributed by atoms with van der Waals surface area (Å²) in [6.45, 7) is 0. The van der Waals surface area contributed by atoms with Crippen LogP contribution in [0.15, 0.2) is 72.8 Å². The Bertz CT molecular complexity index is 1700. The molecular weight excluding hydrogens is 464 g/mol. The molecule has 9 heteroatoms. The van der Waals surface area contributed by atoms with Crippen molar-refractivity contribution in [3.63, 3.8) is 0 Å². The van der Waals surface area contributed by atoms with Crippen molar-refractivity contribution in [2.45, 2.75) is 0 Å². The zero-order valence-electron chi connectivity index (χ0n) is 18.3. The molecule has 3 amide bonds. The Hall–Kier alpha value is -5.31. The van der Waals surface area contributed by atoms with E-state index in [2.05, 4.69) is 0 Å². The highest BCUT2D eigenvalue weighted by Crippen LogP contribution is 2.46. The summed E-state index contributed by atoms with van der Waals surface area (Å²) in [6.07, 6.45) is 0. The number of rotatable bonds is 4. The summed E-state index contributed by atoms with van der Waals surface area (Å²) in [6, 6.07) is 17.6. The van der Waals surface area contributed by atoms with Crippen molar-refractivity contribution in [3.05, 3.63) is 101 Å². The van der Waals surface area contributed by atoms with Crippen molar-refractivity contribution in [1.29, 1.82) is 0 Å². The van der Waals surface area contributed by atoms with Gasteiger partial charge in [0.15, 0.2) is 0 Å². The van der Waals surface area contributed by atoms with Crippen LogP contribution >= 0.6 is 0 Å². The number of hydrogen-bond acceptors (Lipinski definition) is 5. The topological polar surface area (TPSA) is 132 Å². The molecule has 6 rings (SSSR count). The maximum Gasteiger partial charge on any atom is 0.335 e. The van der Waals surface area contributed by atoms with E-state index < -0.39 is 29.7 Å². The average molecular weight is 478 g/mol. The number of hydrogen-bond donors (Lipinski definition) is 2. The van der Waals surface area contributed by atoms with E-state index in [1.54, 1.807) is 12.1 Å². The lowest BCUT2D eigenvalue weighted by Crippen LogP contribution is -2.40. The number of carboxylic acid groups (broad SMARTS) is 2. The molecule has 0 saturated carbocycles. The lowest BCUT2D eigenvalue weighted by molar-refractivity contribution is 0.0686. The number of anilines is 3. The predicted octanol–water partition coefficient (Wildman–Crippen LogP) is 4.33. The first-order chi connectivity index (χ1) is 17.3. The van der Waals surface area contributed by atoms with Gasteiger partial charge in [-0.1, -0.05) is 12.1 Å². The molecule has 2 aliphatic rings. The Morgan fingerprint density at radius 2 is 1.00 bits per heavy atom. The maximum atomic E-state index is 13.5. The molecule has 0 spiro atoms. The third kappa shape index (κ3) is 2.80. The van der Waals surface area contributed by atoms with Gasteiger partial charge in [-0.2, -0.15) is 0 Å². The number of aromatic carboxylic acids is 2. The van der Waals surface area contributed by atoms with Crippen LogP contribution in [-0.2, 0) is 0 Å². The SMILES string of the molecule is O=C(O)c1cccc(N2C(=O)c3ccc4c5c(ccc(c35)C2=O)N(c2cccc(C(=O)O)c2)C4=O)c1. The molecule has 0 unspecified atom stereocenters. The first kappa shape index (κ1) is 21.2. The van der Waals surface area contributed by atoms with E-state index in [9.17, 15) is 34.2 Å². The molecule has 36 heavy (non-hydrogen) atoms. The second kappa shape index (κ2) is 7.34. The smallest absolute Gasteiger partial charge is 0.335 e. The predicted molar refractivity (Wildman–Crippen MR) is 128 cm³/mol. The number of amides is 3. The number of benzene rings is 4. The fraction of sp³-hybridized carbons (Fsp3) is 0. The van der Waals surface area contributed by atoms with E-state index in [0.717, 1.165) is 4.90 Å². The largest absolute Gasteiger partial charge is 0.478 e. The summed E-state index contributed by atoms with van der Waals surface area (Å²) >= 11 is 0. The van der Waals surface area contributed by atoms with E-state index in [1.807, 2.05) is 0 Å². The molecular formula is C27H14N2O7. The molecule has 0 aromatic heterocycles. The molecule has 0 fully saturated rings. The molecule has 2 N–H and O–H groups in total. The molecule has 0 saturated heterocycles. The van der Waals surface area contributed by atoms with Crippen LogP contribution in [0.25, 0.3) is 10.8 Å². The highest BCUT2D eigenvalue weighted by Gasteiger charge is 2.40. The summed E-state index contributed by atoms with van der Waals surface area (Å²) < 4.78 is 0. The molecule has 4 aromatic rings. The van der Waals surface area contributed by atoms with Gasteiger partial charge < -0.3 is 10.2 Å². The van der Waals surface area contributed by atoms with E-state index in [4.69, 9.17) is 0 Å². The number of nitrogens with zero attached hydrogens (tertiary/aromatic N) is 2. The molecule has 0 bridgehead atoms. The van der Waals surface area contributed by atoms with Gasteiger partial charge in [-0.05, 0) is 60.7 Å². The van der Waals surface area contributed by atoms with Crippen LogP contribution in [0.1, 0.15) is 51.8 Å². The minimum Gasteiger partial charge on any atom is -0.478 e. The highest BCUT2D eigenvalue weighted by molar-refractivity contribution is 6.40. The second-order valence-corrected chi connectivity index (χ2v) is 8.34.